The smallest absolute Gasteiger partial charge is 0.387 e. The van der Waals surface area contributed by atoms with Gasteiger partial charge in [0.05, 0.1) is 29.3 Å². The number of halogens is 5. The summed E-state index contributed by atoms with van der Waals surface area (Å²) < 4.78 is 53.3. The summed E-state index contributed by atoms with van der Waals surface area (Å²) in [7, 11) is 0. The first-order chi connectivity index (χ1) is 14.8. The van der Waals surface area contributed by atoms with Crippen LogP contribution in [0.2, 0.25) is 5.02 Å². The van der Waals surface area contributed by atoms with Crippen LogP contribution in [-0.4, -0.2) is 25.6 Å². The van der Waals surface area contributed by atoms with E-state index in [1.807, 2.05) is 20.8 Å². The fourth-order valence-corrected chi connectivity index (χ4v) is 2.84. The van der Waals surface area contributed by atoms with Gasteiger partial charge in [-0.25, -0.2) is 14.2 Å². The highest BCUT2D eigenvalue weighted by Crippen LogP contribution is 2.30. The number of amidine groups is 1. The average Bonchev–Trinajstić information content (AvgIpc) is 3.07. The maximum atomic E-state index is 14.4. The molecule has 2 aromatic heterocycles. The van der Waals surface area contributed by atoms with E-state index in [2.05, 4.69) is 20.1 Å². The lowest BCUT2D eigenvalue weighted by Crippen LogP contribution is -2.29. The number of pyridine rings is 1. The molecule has 3 aromatic rings. The van der Waals surface area contributed by atoms with Gasteiger partial charge in [0.2, 0.25) is 0 Å². The predicted octanol–water partition coefficient (Wildman–Crippen LogP) is 4.34. The molecule has 2 heterocycles. The minimum absolute atomic E-state index is 0.00563. The summed E-state index contributed by atoms with van der Waals surface area (Å²) in [6, 6.07) is 4.23. The van der Waals surface area contributed by atoms with Gasteiger partial charge in [-0.1, -0.05) is 32.4 Å². The van der Waals surface area contributed by atoms with Gasteiger partial charge in [-0.05, 0) is 24.3 Å². The highest BCUT2D eigenvalue weighted by Gasteiger charge is 2.32. The zero-order valence-electron chi connectivity index (χ0n) is 17.3. The van der Waals surface area contributed by atoms with Crippen molar-refractivity contribution in [3.63, 3.8) is 0 Å². The maximum absolute atomic E-state index is 14.4. The third-order valence-corrected chi connectivity index (χ3v) is 4.79. The Bertz CT molecular complexity index is 1220. The van der Waals surface area contributed by atoms with Crippen molar-refractivity contribution in [3.8, 4) is 17.1 Å². The van der Waals surface area contributed by atoms with Crippen molar-refractivity contribution < 1.29 is 17.6 Å². The molecular weight excluding hydrogens is 452 g/mol. The molecule has 7 nitrogen and oxygen atoms in total. The number of aromatic nitrogens is 4. The Morgan fingerprint density at radius 1 is 1.25 bits per heavy atom. The molecule has 32 heavy (non-hydrogen) atoms. The molecule has 0 amide bonds. The standard InChI is InChI=1S/C20H19ClF4N6O/c1-19(2,3)17(26)28-8-10-6-12(13(21)7-14(10)22)16-29-18(32)31(30-16)11-4-5-15(27-9-11)20(23,24)25/h4-7,9H,8H2,1-3H3,(H2,26,28)(H,29,30,32). The van der Waals surface area contributed by atoms with Gasteiger partial charge < -0.3 is 5.73 Å². The maximum Gasteiger partial charge on any atom is 0.433 e. The SMILES string of the molecule is CC(C)(C)C(N)=NCc1cc(-c2nn(-c3ccc(C(F)(F)F)nc3)c(=O)[nH]2)c(Cl)cc1F. The molecule has 0 aliphatic carbocycles. The number of rotatable bonds is 4. The number of nitrogens with two attached hydrogens (primary N) is 1. The van der Waals surface area contributed by atoms with E-state index < -0.39 is 28.8 Å². The molecule has 0 bridgehead atoms. The molecule has 1 aromatic carbocycles. The van der Waals surface area contributed by atoms with Gasteiger partial charge in [-0.3, -0.25) is 9.98 Å². The zero-order chi connectivity index (χ0) is 23.8. The molecule has 0 spiro atoms. The lowest BCUT2D eigenvalue weighted by molar-refractivity contribution is -0.141. The van der Waals surface area contributed by atoms with Gasteiger partial charge in [0.1, 0.15) is 11.5 Å². The van der Waals surface area contributed by atoms with Crippen LogP contribution in [0.1, 0.15) is 32.0 Å². The van der Waals surface area contributed by atoms with Gasteiger partial charge in [0.25, 0.3) is 0 Å². The molecule has 170 valence electrons. The van der Waals surface area contributed by atoms with E-state index in [0.29, 0.717) is 5.84 Å². The molecule has 12 heteroatoms. The van der Waals surface area contributed by atoms with Crippen LogP contribution in [0.5, 0.6) is 0 Å². The van der Waals surface area contributed by atoms with Crippen LogP contribution in [0, 0.1) is 11.2 Å². The number of aromatic amines is 1. The number of aliphatic imine (C=N–C) groups is 1. The summed E-state index contributed by atoms with van der Waals surface area (Å²) in [6.45, 7) is 5.53. The number of alkyl halides is 3. The van der Waals surface area contributed by atoms with Crippen molar-refractivity contribution in [2.24, 2.45) is 16.1 Å². The lowest BCUT2D eigenvalue weighted by Gasteiger charge is -2.17. The van der Waals surface area contributed by atoms with Crippen molar-refractivity contribution in [2.45, 2.75) is 33.5 Å². The predicted molar refractivity (Wildman–Crippen MR) is 112 cm³/mol. The second-order valence-corrected chi connectivity index (χ2v) is 8.37. The van der Waals surface area contributed by atoms with Crippen molar-refractivity contribution in [1.82, 2.24) is 19.7 Å². The van der Waals surface area contributed by atoms with Crippen LogP contribution in [-0.2, 0) is 12.7 Å². The first-order valence-corrected chi connectivity index (χ1v) is 9.67. The van der Waals surface area contributed by atoms with E-state index in [-0.39, 0.29) is 34.2 Å². The van der Waals surface area contributed by atoms with Crippen LogP contribution < -0.4 is 11.4 Å². The van der Waals surface area contributed by atoms with Gasteiger partial charge in [-0.2, -0.15) is 17.9 Å². The van der Waals surface area contributed by atoms with E-state index in [4.69, 9.17) is 17.3 Å². The van der Waals surface area contributed by atoms with Crippen molar-refractivity contribution in [2.75, 3.05) is 0 Å². The second kappa shape index (κ2) is 8.38. The molecular formula is C20H19ClF4N6O. The van der Waals surface area contributed by atoms with E-state index in [9.17, 15) is 22.4 Å². The Labute approximate surface area is 185 Å². The molecule has 0 radical (unpaired) electrons. The molecule has 0 unspecified atom stereocenters. The Hall–Kier alpha value is -3.21. The van der Waals surface area contributed by atoms with Gasteiger partial charge in [0, 0.05) is 16.5 Å². The van der Waals surface area contributed by atoms with Gasteiger partial charge >= 0.3 is 11.9 Å². The third-order valence-electron chi connectivity index (χ3n) is 4.48. The summed E-state index contributed by atoms with van der Waals surface area (Å²) in [5.74, 6) is -0.285. The van der Waals surface area contributed by atoms with E-state index in [1.165, 1.54) is 6.07 Å². The van der Waals surface area contributed by atoms with E-state index in [0.717, 1.165) is 29.1 Å². The fraction of sp³-hybridized carbons (Fsp3) is 0.300. The zero-order valence-corrected chi connectivity index (χ0v) is 18.0. The summed E-state index contributed by atoms with van der Waals surface area (Å²) in [6.07, 6.45) is -3.74. The second-order valence-electron chi connectivity index (χ2n) is 7.96. The van der Waals surface area contributed by atoms with Gasteiger partial charge in [-0.15, -0.1) is 5.10 Å². The number of hydrogen-bond donors (Lipinski definition) is 2. The van der Waals surface area contributed by atoms with Crippen molar-refractivity contribution in [3.05, 3.63) is 63.0 Å². The van der Waals surface area contributed by atoms with E-state index >= 15 is 0 Å². The minimum atomic E-state index is -4.61. The fourth-order valence-electron chi connectivity index (χ4n) is 2.60. The topological polar surface area (TPSA) is 102 Å². The van der Waals surface area contributed by atoms with Crippen LogP contribution >= 0.6 is 11.6 Å². The monoisotopic (exact) mass is 470 g/mol. The molecule has 0 fully saturated rings. The van der Waals surface area contributed by atoms with Crippen LogP contribution in [0.25, 0.3) is 17.1 Å². The van der Waals surface area contributed by atoms with E-state index in [1.54, 1.807) is 0 Å². The molecule has 0 aliphatic heterocycles. The molecule has 0 aliphatic rings. The quantitative estimate of drug-likeness (QED) is 0.336. The summed E-state index contributed by atoms with van der Waals surface area (Å²) in [5.41, 5.74) is 4.06. The summed E-state index contributed by atoms with van der Waals surface area (Å²) in [4.78, 5) is 22.3. The van der Waals surface area contributed by atoms with Crippen LogP contribution in [0.3, 0.4) is 0 Å². The Morgan fingerprint density at radius 2 is 1.94 bits per heavy atom. The van der Waals surface area contributed by atoms with Gasteiger partial charge in [0.15, 0.2) is 5.82 Å². The largest absolute Gasteiger partial charge is 0.433 e. The molecule has 0 atom stereocenters. The first kappa shape index (κ1) is 23.5. The van der Waals surface area contributed by atoms with Crippen LogP contribution in [0.15, 0.2) is 40.2 Å². The molecule has 3 rings (SSSR count). The molecule has 3 N–H and O–H groups in total. The summed E-state index contributed by atoms with van der Waals surface area (Å²) in [5, 5.41) is 4.05. The normalized spacial score (nSPS) is 12.9. The highest BCUT2D eigenvalue weighted by molar-refractivity contribution is 6.33. The van der Waals surface area contributed by atoms with Crippen LogP contribution in [0.4, 0.5) is 17.6 Å². The number of nitrogens with zero attached hydrogens (tertiary/aromatic N) is 4. The number of hydrogen-bond acceptors (Lipinski definition) is 4. The minimum Gasteiger partial charge on any atom is -0.387 e. The number of H-pyrrole nitrogens is 1. The summed E-state index contributed by atoms with van der Waals surface area (Å²) >= 11 is 6.14. The lowest BCUT2D eigenvalue weighted by atomic mass is 9.95. The Morgan fingerprint density at radius 3 is 2.50 bits per heavy atom. The molecule has 0 saturated carbocycles. The number of nitrogens with one attached hydrogen (secondary N) is 1. The van der Waals surface area contributed by atoms with Crippen molar-refractivity contribution >= 4 is 17.4 Å². The molecule has 0 saturated heterocycles. The third kappa shape index (κ3) is 4.98. The van der Waals surface area contributed by atoms with Crippen molar-refractivity contribution in [1.29, 1.82) is 0 Å². The number of benzene rings is 1. The Balaban J connectivity index is 1.98. The first-order valence-electron chi connectivity index (χ1n) is 9.29. The average molecular weight is 471 g/mol. The highest BCUT2D eigenvalue weighted by atomic mass is 35.5. The Kier molecular flexibility index (Phi) is 6.14.